The minimum absolute atomic E-state index is 0.154. The zero-order valence-corrected chi connectivity index (χ0v) is 19.7. The molecule has 168 valence electrons. The van der Waals surface area contributed by atoms with Crippen LogP contribution in [0.4, 0.5) is 0 Å². The Morgan fingerprint density at radius 1 is 1.16 bits per heavy atom. The first kappa shape index (κ1) is 22.1. The first-order chi connectivity index (χ1) is 15.2. The Morgan fingerprint density at radius 3 is 2.53 bits per heavy atom. The summed E-state index contributed by atoms with van der Waals surface area (Å²) in [5.74, 6) is 1.38. The molecule has 3 heterocycles. The fourth-order valence-corrected chi connectivity index (χ4v) is 4.59. The van der Waals surface area contributed by atoms with Crippen molar-refractivity contribution < 1.29 is 9.53 Å². The zero-order valence-electron chi connectivity index (χ0n) is 19.7. The molecule has 1 unspecified atom stereocenters. The molecule has 3 aromatic rings. The predicted octanol–water partition coefficient (Wildman–Crippen LogP) is 5.00. The molecule has 6 nitrogen and oxygen atoms in total. The summed E-state index contributed by atoms with van der Waals surface area (Å²) < 4.78 is 9.83. The number of methoxy groups -OCH3 is 1. The number of pyridine rings is 1. The number of aromatic nitrogens is 3. The normalized spacial score (nSPS) is 15.1. The predicted molar refractivity (Wildman–Crippen MR) is 126 cm³/mol. The Hall–Kier alpha value is -3.15. The van der Waals surface area contributed by atoms with E-state index in [0.29, 0.717) is 11.8 Å². The molecule has 0 N–H and O–H groups in total. The van der Waals surface area contributed by atoms with Crippen LogP contribution in [0.1, 0.15) is 56.6 Å². The minimum Gasteiger partial charge on any atom is -0.496 e. The van der Waals surface area contributed by atoms with Crippen LogP contribution in [0.3, 0.4) is 0 Å². The van der Waals surface area contributed by atoms with Crippen LogP contribution in [0, 0.1) is 11.8 Å². The third kappa shape index (κ3) is 3.90. The van der Waals surface area contributed by atoms with Gasteiger partial charge in [-0.1, -0.05) is 27.7 Å². The molecule has 1 aromatic carbocycles. The van der Waals surface area contributed by atoms with Crippen LogP contribution in [0.25, 0.3) is 22.4 Å². The van der Waals surface area contributed by atoms with Gasteiger partial charge in [-0.3, -0.25) is 14.3 Å². The molecule has 2 aromatic heterocycles. The van der Waals surface area contributed by atoms with Crippen molar-refractivity contribution in [1.29, 1.82) is 0 Å². The van der Waals surface area contributed by atoms with Gasteiger partial charge in [-0.2, -0.15) is 5.10 Å². The number of ether oxygens (including phenoxy) is 1. The van der Waals surface area contributed by atoms with Crippen LogP contribution in [-0.4, -0.2) is 27.2 Å². The summed E-state index contributed by atoms with van der Waals surface area (Å²) in [6, 6.07) is 5.94. The van der Waals surface area contributed by atoms with E-state index in [1.54, 1.807) is 19.4 Å². The molecule has 1 aliphatic heterocycles. The van der Waals surface area contributed by atoms with E-state index in [4.69, 9.17) is 4.74 Å². The molecule has 0 amide bonds. The Bertz CT molecular complexity index is 1230. The maximum absolute atomic E-state index is 12.7. The van der Waals surface area contributed by atoms with Crippen molar-refractivity contribution in [2.75, 3.05) is 7.11 Å². The largest absolute Gasteiger partial charge is 0.496 e. The van der Waals surface area contributed by atoms with E-state index in [1.165, 1.54) is 12.5 Å². The molecule has 1 aliphatic rings. The van der Waals surface area contributed by atoms with Crippen molar-refractivity contribution in [3.63, 3.8) is 0 Å². The highest BCUT2D eigenvalue weighted by molar-refractivity contribution is 5.94. The van der Waals surface area contributed by atoms with E-state index in [9.17, 15) is 9.59 Å². The Morgan fingerprint density at radius 2 is 1.91 bits per heavy atom. The minimum atomic E-state index is -0.239. The van der Waals surface area contributed by atoms with Crippen LogP contribution in [0.5, 0.6) is 5.75 Å². The van der Waals surface area contributed by atoms with Gasteiger partial charge in [0.15, 0.2) is 11.2 Å². The van der Waals surface area contributed by atoms with Crippen LogP contribution in [0.2, 0.25) is 0 Å². The molecule has 1 atom stereocenters. The number of fused-ring (bicyclic) bond motifs is 3. The number of carbonyl (C=O) groups excluding carboxylic acids is 1. The molecule has 0 saturated heterocycles. The number of ketones is 1. The van der Waals surface area contributed by atoms with E-state index < -0.39 is 0 Å². The Labute approximate surface area is 188 Å². The summed E-state index contributed by atoms with van der Waals surface area (Å²) in [6.07, 6.45) is 6.50. The van der Waals surface area contributed by atoms with Crippen LogP contribution in [-0.2, 0) is 13.0 Å². The van der Waals surface area contributed by atoms with Gasteiger partial charge in [-0.05, 0) is 42.9 Å². The van der Waals surface area contributed by atoms with Crippen molar-refractivity contribution >= 4 is 5.78 Å². The molecule has 0 spiro atoms. The average Bonchev–Trinajstić information content (AvgIpc) is 3.18. The highest BCUT2D eigenvalue weighted by Gasteiger charge is 2.29. The third-order valence-corrected chi connectivity index (χ3v) is 6.21. The second-order valence-corrected chi connectivity index (χ2v) is 9.47. The van der Waals surface area contributed by atoms with Crippen LogP contribution >= 0.6 is 0 Å². The Balaban J connectivity index is 1.89. The van der Waals surface area contributed by atoms with Crippen molar-refractivity contribution in [3.05, 3.63) is 58.1 Å². The molecule has 32 heavy (non-hydrogen) atoms. The summed E-state index contributed by atoms with van der Waals surface area (Å²) in [5.41, 5.74) is 5.00. The lowest BCUT2D eigenvalue weighted by atomic mass is 9.85. The van der Waals surface area contributed by atoms with E-state index in [2.05, 4.69) is 49.6 Å². The molecule has 0 saturated carbocycles. The first-order valence-electron chi connectivity index (χ1n) is 11.2. The number of nitrogens with zero attached hydrogens (tertiary/aromatic N) is 3. The van der Waals surface area contributed by atoms with Crippen molar-refractivity contribution in [2.24, 2.45) is 11.8 Å². The average molecular weight is 434 g/mol. The fraction of sp³-hybridized carbons (Fsp3) is 0.423. The van der Waals surface area contributed by atoms with Gasteiger partial charge in [-0.15, -0.1) is 0 Å². The molecular weight excluding hydrogens is 402 g/mol. The van der Waals surface area contributed by atoms with Crippen molar-refractivity contribution in [1.82, 2.24) is 14.3 Å². The van der Waals surface area contributed by atoms with Gasteiger partial charge in [-0.25, -0.2) is 0 Å². The molecule has 0 bridgehead atoms. The molecule has 0 radical (unpaired) electrons. The van der Waals surface area contributed by atoms with Gasteiger partial charge >= 0.3 is 0 Å². The number of benzene rings is 1. The van der Waals surface area contributed by atoms with E-state index in [0.717, 1.165) is 41.1 Å². The molecule has 4 rings (SSSR count). The van der Waals surface area contributed by atoms with E-state index in [1.807, 2.05) is 16.9 Å². The van der Waals surface area contributed by atoms with E-state index >= 15 is 0 Å². The number of hydrogen-bond donors (Lipinski definition) is 0. The lowest BCUT2D eigenvalue weighted by Crippen LogP contribution is -2.27. The van der Waals surface area contributed by atoms with E-state index in [-0.39, 0.29) is 22.8 Å². The summed E-state index contributed by atoms with van der Waals surface area (Å²) in [5, 5.41) is 4.52. The molecule has 0 aliphatic carbocycles. The second-order valence-electron chi connectivity index (χ2n) is 9.47. The van der Waals surface area contributed by atoms with Gasteiger partial charge in [0.25, 0.3) is 0 Å². The maximum atomic E-state index is 12.7. The van der Waals surface area contributed by atoms with Gasteiger partial charge in [0.05, 0.1) is 24.6 Å². The quantitative estimate of drug-likeness (QED) is 0.513. The molecule has 6 heteroatoms. The molecule has 0 fully saturated rings. The first-order valence-corrected chi connectivity index (χ1v) is 11.2. The monoisotopic (exact) mass is 433 g/mol. The fourth-order valence-electron chi connectivity index (χ4n) is 4.59. The van der Waals surface area contributed by atoms with Gasteiger partial charge < -0.3 is 9.30 Å². The highest BCUT2D eigenvalue weighted by Crippen LogP contribution is 2.43. The summed E-state index contributed by atoms with van der Waals surface area (Å²) >= 11 is 0. The van der Waals surface area contributed by atoms with Crippen molar-refractivity contribution in [3.8, 4) is 28.1 Å². The number of carbonyl (C=O) groups is 1. The number of hydrogen-bond acceptors (Lipinski definition) is 4. The third-order valence-electron chi connectivity index (χ3n) is 6.21. The Kier molecular flexibility index (Phi) is 5.80. The van der Waals surface area contributed by atoms with Gasteiger partial charge in [0, 0.05) is 47.7 Å². The van der Waals surface area contributed by atoms with Gasteiger partial charge in [0.2, 0.25) is 0 Å². The number of rotatable bonds is 6. The summed E-state index contributed by atoms with van der Waals surface area (Å²) in [7, 11) is 1.66. The summed E-state index contributed by atoms with van der Waals surface area (Å²) in [4.78, 5) is 24.7. The smallest absolute Gasteiger partial charge is 0.192 e. The van der Waals surface area contributed by atoms with Crippen LogP contribution in [0.15, 0.2) is 41.6 Å². The van der Waals surface area contributed by atoms with Crippen molar-refractivity contribution in [2.45, 2.75) is 53.6 Å². The molecular formula is C26H31N3O3. The SMILES string of the molecule is COc1cc2c(cc1-c1cnn(CC(C)C)c1)CC(C(C)C)n1cc(C(C)=O)c(=O)cc1-2. The number of Topliss-reactive ketones (excluding diaryl/α,β-unsaturated/α-hetero) is 1. The lowest BCUT2D eigenvalue weighted by Gasteiger charge is -2.34. The van der Waals surface area contributed by atoms with Crippen LogP contribution < -0.4 is 10.2 Å². The lowest BCUT2D eigenvalue weighted by molar-refractivity contribution is 0.101. The topological polar surface area (TPSA) is 66.1 Å². The standard InChI is InChI=1S/C26H31N3O3/c1-15(2)12-28-13-19(11-27-28)21-7-18-8-23(16(3)4)29-14-22(17(5)30)25(31)10-24(29)20(18)9-26(21)32-6/h7,9-11,13-16,23H,8,12H2,1-6H3. The zero-order chi connectivity index (χ0) is 23.2. The highest BCUT2D eigenvalue weighted by atomic mass is 16.5. The maximum Gasteiger partial charge on any atom is 0.192 e. The van der Waals surface area contributed by atoms with Gasteiger partial charge in [0.1, 0.15) is 5.75 Å². The summed E-state index contributed by atoms with van der Waals surface area (Å²) in [6.45, 7) is 11.0. The second kappa shape index (κ2) is 8.41.